The molecule has 1 aromatic heterocycles. The Kier molecular flexibility index (Phi) is 5.30. The van der Waals surface area contributed by atoms with Crippen molar-refractivity contribution in [3.05, 3.63) is 35.3 Å². The normalized spacial score (nSPS) is 12.0. The van der Waals surface area contributed by atoms with Gasteiger partial charge < -0.3 is 4.74 Å². The van der Waals surface area contributed by atoms with Crippen LogP contribution in [-0.4, -0.2) is 17.0 Å². The van der Waals surface area contributed by atoms with Gasteiger partial charge in [0.05, 0.1) is 0 Å². The van der Waals surface area contributed by atoms with Crippen LogP contribution in [0.4, 0.5) is 0 Å². The number of nitrogens with one attached hydrogen (secondary N) is 1. The Hall–Kier alpha value is -1.92. The van der Waals surface area contributed by atoms with Crippen molar-refractivity contribution in [2.75, 3.05) is 0 Å². The van der Waals surface area contributed by atoms with Crippen LogP contribution in [0.25, 0.3) is 10.6 Å². The van der Waals surface area contributed by atoms with Crippen molar-refractivity contribution in [1.29, 1.82) is 0 Å². The van der Waals surface area contributed by atoms with Gasteiger partial charge in [-0.2, -0.15) is 0 Å². The first kappa shape index (κ1) is 15.5. The average molecular weight is 305 g/mol. The number of aromatic nitrogens is 1. The van der Waals surface area contributed by atoms with Crippen LogP contribution in [0.1, 0.15) is 25.5 Å². The fourth-order valence-corrected chi connectivity index (χ4v) is 2.73. The minimum Gasteiger partial charge on any atom is -0.481 e. The molecule has 0 bridgehead atoms. The largest absolute Gasteiger partial charge is 0.481 e. The standard InChI is InChI=1S/C15H19N3O2S/c1-3-4-13(14(19)18-16)20-12-7-5-11(6-8-12)15-17-10(2)9-21-15/h5-9,13H,3-4,16H2,1-2H3,(H,18,19). The van der Waals surface area contributed by atoms with Crippen molar-refractivity contribution in [1.82, 2.24) is 10.4 Å². The lowest BCUT2D eigenvalue weighted by atomic mass is 10.2. The average Bonchev–Trinajstić information content (AvgIpc) is 2.93. The molecule has 0 fully saturated rings. The number of hydrogen-bond donors (Lipinski definition) is 2. The Labute approximate surface area is 128 Å². The predicted octanol–water partition coefficient (Wildman–Crippen LogP) is 2.66. The van der Waals surface area contributed by atoms with E-state index >= 15 is 0 Å². The summed E-state index contributed by atoms with van der Waals surface area (Å²) in [6, 6.07) is 7.57. The van der Waals surface area contributed by atoms with Gasteiger partial charge >= 0.3 is 0 Å². The van der Waals surface area contributed by atoms with E-state index in [2.05, 4.69) is 10.4 Å². The maximum atomic E-state index is 11.6. The molecule has 6 heteroatoms. The van der Waals surface area contributed by atoms with E-state index in [1.54, 1.807) is 11.3 Å². The molecule has 5 nitrogen and oxygen atoms in total. The number of nitrogens with zero attached hydrogens (tertiary/aromatic N) is 1. The van der Waals surface area contributed by atoms with E-state index in [1.165, 1.54) is 0 Å². The van der Waals surface area contributed by atoms with Crippen molar-refractivity contribution < 1.29 is 9.53 Å². The lowest BCUT2D eigenvalue weighted by Gasteiger charge is -2.16. The van der Waals surface area contributed by atoms with Crippen LogP contribution in [0.15, 0.2) is 29.6 Å². The number of carbonyl (C=O) groups excluding carboxylic acids is 1. The molecule has 21 heavy (non-hydrogen) atoms. The molecule has 2 rings (SSSR count). The first-order chi connectivity index (χ1) is 10.1. The van der Waals surface area contributed by atoms with Gasteiger partial charge in [-0.05, 0) is 37.6 Å². The van der Waals surface area contributed by atoms with E-state index in [-0.39, 0.29) is 5.91 Å². The molecule has 1 heterocycles. The van der Waals surface area contributed by atoms with Gasteiger partial charge in [0, 0.05) is 16.6 Å². The summed E-state index contributed by atoms with van der Waals surface area (Å²) < 4.78 is 5.69. The lowest BCUT2D eigenvalue weighted by molar-refractivity contribution is -0.128. The van der Waals surface area contributed by atoms with E-state index in [9.17, 15) is 4.79 Å². The Morgan fingerprint density at radius 3 is 2.67 bits per heavy atom. The fourth-order valence-electron chi connectivity index (χ4n) is 1.93. The monoisotopic (exact) mass is 305 g/mol. The Balaban J connectivity index is 2.09. The number of amides is 1. The molecule has 1 atom stereocenters. The first-order valence-corrected chi connectivity index (χ1v) is 7.71. The van der Waals surface area contributed by atoms with Crippen LogP contribution in [0.3, 0.4) is 0 Å². The highest BCUT2D eigenvalue weighted by atomic mass is 32.1. The van der Waals surface area contributed by atoms with Crippen LogP contribution in [0.2, 0.25) is 0 Å². The van der Waals surface area contributed by atoms with E-state index in [0.29, 0.717) is 12.2 Å². The molecule has 0 aliphatic heterocycles. The topological polar surface area (TPSA) is 77.2 Å². The maximum absolute atomic E-state index is 11.6. The highest BCUT2D eigenvalue weighted by Gasteiger charge is 2.18. The molecule has 3 N–H and O–H groups in total. The molecule has 0 aliphatic carbocycles. The second kappa shape index (κ2) is 7.19. The quantitative estimate of drug-likeness (QED) is 0.488. The summed E-state index contributed by atoms with van der Waals surface area (Å²) in [5.74, 6) is 5.51. The number of rotatable bonds is 6. The molecule has 0 spiro atoms. The number of hydrazine groups is 1. The number of carbonyl (C=O) groups is 1. The minimum atomic E-state index is -0.562. The number of ether oxygens (including phenoxy) is 1. The van der Waals surface area contributed by atoms with E-state index in [1.807, 2.05) is 43.5 Å². The van der Waals surface area contributed by atoms with E-state index in [0.717, 1.165) is 22.7 Å². The van der Waals surface area contributed by atoms with Gasteiger partial charge in [-0.25, -0.2) is 10.8 Å². The molecular formula is C15H19N3O2S. The van der Waals surface area contributed by atoms with Gasteiger partial charge in [0.2, 0.25) is 0 Å². The molecule has 1 unspecified atom stereocenters. The summed E-state index contributed by atoms with van der Waals surface area (Å²) in [6.45, 7) is 3.96. The summed E-state index contributed by atoms with van der Waals surface area (Å²) in [5.41, 5.74) is 4.19. The lowest BCUT2D eigenvalue weighted by Crippen LogP contribution is -2.42. The second-order valence-corrected chi connectivity index (χ2v) is 5.58. The Bertz CT molecular complexity index is 595. The van der Waals surface area contributed by atoms with Crippen molar-refractivity contribution >= 4 is 17.2 Å². The zero-order valence-electron chi connectivity index (χ0n) is 12.1. The van der Waals surface area contributed by atoms with Gasteiger partial charge in [-0.3, -0.25) is 10.2 Å². The van der Waals surface area contributed by atoms with Crippen molar-refractivity contribution in [2.45, 2.75) is 32.8 Å². The molecule has 0 aliphatic rings. The Morgan fingerprint density at radius 2 is 2.14 bits per heavy atom. The third kappa shape index (κ3) is 4.03. The van der Waals surface area contributed by atoms with Crippen molar-refractivity contribution in [3.8, 4) is 16.3 Å². The zero-order valence-corrected chi connectivity index (χ0v) is 12.9. The van der Waals surface area contributed by atoms with Crippen molar-refractivity contribution in [3.63, 3.8) is 0 Å². The van der Waals surface area contributed by atoms with E-state index in [4.69, 9.17) is 10.6 Å². The van der Waals surface area contributed by atoms with Crippen LogP contribution in [0.5, 0.6) is 5.75 Å². The highest BCUT2D eigenvalue weighted by molar-refractivity contribution is 7.13. The number of benzene rings is 1. The molecule has 0 radical (unpaired) electrons. The first-order valence-electron chi connectivity index (χ1n) is 6.83. The van der Waals surface area contributed by atoms with Gasteiger partial charge in [0.1, 0.15) is 10.8 Å². The van der Waals surface area contributed by atoms with Crippen molar-refractivity contribution in [2.24, 2.45) is 5.84 Å². The number of nitrogens with two attached hydrogens (primary N) is 1. The third-order valence-corrected chi connectivity index (χ3v) is 3.99. The molecule has 1 aromatic carbocycles. The maximum Gasteiger partial charge on any atom is 0.274 e. The van der Waals surface area contributed by atoms with Gasteiger partial charge in [-0.1, -0.05) is 13.3 Å². The Morgan fingerprint density at radius 1 is 1.43 bits per heavy atom. The summed E-state index contributed by atoms with van der Waals surface area (Å²) in [6.07, 6.45) is 0.901. The van der Waals surface area contributed by atoms with Gasteiger partial charge in [0.15, 0.2) is 6.10 Å². The predicted molar refractivity (Wildman–Crippen MR) is 83.9 cm³/mol. The van der Waals surface area contributed by atoms with Crippen LogP contribution < -0.4 is 16.0 Å². The van der Waals surface area contributed by atoms with Gasteiger partial charge in [-0.15, -0.1) is 11.3 Å². The summed E-state index contributed by atoms with van der Waals surface area (Å²) in [4.78, 5) is 16.1. The summed E-state index contributed by atoms with van der Waals surface area (Å²) in [7, 11) is 0. The van der Waals surface area contributed by atoms with Crippen LogP contribution >= 0.6 is 11.3 Å². The highest BCUT2D eigenvalue weighted by Crippen LogP contribution is 2.26. The smallest absolute Gasteiger partial charge is 0.274 e. The van der Waals surface area contributed by atoms with E-state index < -0.39 is 6.10 Å². The summed E-state index contributed by atoms with van der Waals surface area (Å²) in [5, 5.41) is 2.99. The SMILES string of the molecule is CCCC(Oc1ccc(-c2nc(C)cs2)cc1)C(=O)NN. The third-order valence-electron chi connectivity index (χ3n) is 2.98. The zero-order chi connectivity index (χ0) is 15.2. The molecule has 0 saturated carbocycles. The number of thiazole rings is 1. The molecule has 0 saturated heterocycles. The molecule has 112 valence electrons. The van der Waals surface area contributed by atoms with Gasteiger partial charge in [0.25, 0.3) is 5.91 Å². The van der Waals surface area contributed by atoms with Crippen LogP contribution in [-0.2, 0) is 4.79 Å². The summed E-state index contributed by atoms with van der Waals surface area (Å²) >= 11 is 1.61. The fraction of sp³-hybridized carbons (Fsp3) is 0.333. The number of aryl methyl sites for hydroxylation is 1. The second-order valence-electron chi connectivity index (χ2n) is 4.72. The van der Waals surface area contributed by atoms with Crippen LogP contribution in [0, 0.1) is 6.92 Å². The number of hydrogen-bond acceptors (Lipinski definition) is 5. The minimum absolute atomic E-state index is 0.309. The molecular weight excluding hydrogens is 286 g/mol. The molecule has 1 amide bonds. The molecule has 2 aromatic rings.